The van der Waals surface area contributed by atoms with E-state index in [-0.39, 0.29) is 11.7 Å². The maximum atomic E-state index is 12.3. The molecule has 3 rings (SSSR count). The average Bonchev–Trinajstić information content (AvgIpc) is 2.72. The number of nitrogens with one attached hydrogen (secondary N) is 1. The summed E-state index contributed by atoms with van der Waals surface area (Å²) in [5.74, 6) is 1.25. The lowest BCUT2D eigenvalue weighted by Gasteiger charge is -2.13. The maximum Gasteiger partial charge on any atom is 0.234 e. The van der Waals surface area contributed by atoms with Crippen molar-refractivity contribution in [1.29, 1.82) is 0 Å². The molecule has 3 aromatic rings. The predicted molar refractivity (Wildman–Crippen MR) is 112 cm³/mol. The van der Waals surface area contributed by atoms with Crippen LogP contribution in [0.5, 0.6) is 11.5 Å². The van der Waals surface area contributed by atoms with Crippen molar-refractivity contribution >= 4 is 35.0 Å². The standard InChI is InChI=1S/C21H19ClN2O3S/c1-26-18-9-8-16(11-19(18)27-13-15-5-4-10-23-12-15)24-21(25)14-28-20-7-3-2-6-17(20)22/h2-12H,13-14H2,1H3,(H,24,25). The van der Waals surface area contributed by atoms with Gasteiger partial charge in [-0.2, -0.15) is 0 Å². The normalized spacial score (nSPS) is 10.4. The fourth-order valence-electron chi connectivity index (χ4n) is 2.41. The lowest BCUT2D eigenvalue weighted by atomic mass is 10.2. The second kappa shape index (κ2) is 10.0. The Bertz CT molecular complexity index is 938. The molecule has 1 amide bonds. The van der Waals surface area contributed by atoms with Gasteiger partial charge in [0.25, 0.3) is 0 Å². The number of aromatic nitrogens is 1. The van der Waals surface area contributed by atoms with Crippen LogP contribution >= 0.6 is 23.4 Å². The monoisotopic (exact) mass is 414 g/mol. The van der Waals surface area contributed by atoms with E-state index in [2.05, 4.69) is 10.3 Å². The van der Waals surface area contributed by atoms with Gasteiger partial charge in [-0.25, -0.2) is 0 Å². The summed E-state index contributed by atoms with van der Waals surface area (Å²) in [5.41, 5.74) is 1.57. The second-order valence-electron chi connectivity index (χ2n) is 5.78. The highest BCUT2D eigenvalue weighted by molar-refractivity contribution is 8.00. The van der Waals surface area contributed by atoms with Crippen molar-refractivity contribution in [1.82, 2.24) is 4.98 Å². The number of anilines is 1. The molecule has 0 bridgehead atoms. The molecule has 0 aliphatic heterocycles. The third-order valence-electron chi connectivity index (χ3n) is 3.76. The topological polar surface area (TPSA) is 60.5 Å². The minimum absolute atomic E-state index is 0.131. The van der Waals surface area contributed by atoms with Crippen LogP contribution in [0.2, 0.25) is 5.02 Å². The Morgan fingerprint density at radius 1 is 1.14 bits per heavy atom. The highest BCUT2D eigenvalue weighted by Crippen LogP contribution is 2.31. The van der Waals surface area contributed by atoms with E-state index in [4.69, 9.17) is 21.1 Å². The highest BCUT2D eigenvalue weighted by atomic mass is 35.5. The Morgan fingerprint density at radius 3 is 2.75 bits per heavy atom. The highest BCUT2D eigenvalue weighted by Gasteiger charge is 2.10. The van der Waals surface area contributed by atoms with Gasteiger partial charge in [0, 0.05) is 34.6 Å². The number of carbonyl (C=O) groups is 1. The first-order chi connectivity index (χ1) is 13.7. The van der Waals surface area contributed by atoms with Crippen LogP contribution in [0, 0.1) is 0 Å². The Kier molecular flexibility index (Phi) is 7.17. The molecule has 0 fully saturated rings. The molecule has 144 valence electrons. The molecule has 0 unspecified atom stereocenters. The summed E-state index contributed by atoms with van der Waals surface area (Å²) in [5, 5.41) is 3.51. The molecular weight excluding hydrogens is 396 g/mol. The molecule has 0 saturated heterocycles. The van der Waals surface area contributed by atoms with E-state index in [0.29, 0.717) is 28.8 Å². The summed E-state index contributed by atoms with van der Waals surface area (Å²) in [6.07, 6.45) is 3.45. The number of thioether (sulfide) groups is 1. The number of methoxy groups -OCH3 is 1. The van der Waals surface area contributed by atoms with Gasteiger partial charge in [-0.3, -0.25) is 9.78 Å². The van der Waals surface area contributed by atoms with Gasteiger partial charge < -0.3 is 14.8 Å². The minimum Gasteiger partial charge on any atom is -0.493 e. The zero-order valence-electron chi connectivity index (χ0n) is 15.2. The summed E-state index contributed by atoms with van der Waals surface area (Å²) in [6.45, 7) is 0.351. The summed E-state index contributed by atoms with van der Waals surface area (Å²) < 4.78 is 11.2. The Morgan fingerprint density at radius 2 is 2.00 bits per heavy atom. The average molecular weight is 415 g/mol. The van der Waals surface area contributed by atoms with Crippen molar-refractivity contribution in [2.45, 2.75) is 11.5 Å². The molecule has 0 atom stereocenters. The number of amides is 1. The predicted octanol–water partition coefficient (Wildman–Crippen LogP) is 5.05. The van der Waals surface area contributed by atoms with E-state index in [1.54, 1.807) is 43.8 Å². The first-order valence-electron chi connectivity index (χ1n) is 8.52. The number of nitrogens with zero attached hydrogens (tertiary/aromatic N) is 1. The fraction of sp³-hybridized carbons (Fsp3) is 0.143. The van der Waals surface area contributed by atoms with Crippen molar-refractivity contribution in [3.8, 4) is 11.5 Å². The largest absolute Gasteiger partial charge is 0.493 e. The summed E-state index contributed by atoms with van der Waals surface area (Å²) in [7, 11) is 1.57. The van der Waals surface area contributed by atoms with Crippen LogP contribution in [0.15, 0.2) is 71.9 Å². The summed E-state index contributed by atoms with van der Waals surface area (Å²) >= 11 is 7.51. The molecule has 0 radical (unpaired) electrons. The molecular formula is C21H19ClN2O3S. The summed E-state index contributed by atoms with van der Waals surface area (Å²) in [6, 6.07) is 16.5. The smallest absolute Gasteiger partial charge is 0.234 e. The van der Waals surface area contributed by atoms with Gasteiger partial charge in [-0.1, -0.05) is 29.8 Å². The van der Waals surface area contributed by atoms with E-state index in [1.165, 1.54) is 11.8 Å². The van der Waals surface area contributed by atoms with E-state index in [0.717, 1.165) is 10.5 Å². The van der Waals surface area contributed by atoms with Gasteiger partial charge in [0.05, 0.1) is 17.9 Å². The van der Waals surface area contributed by atoms with Crippen LogP contribution in [0.1, 0.15) is 5.56 Å². The summed E-state index contributed by atoms with van der Waals surface area (Å²) in [4.78, 5) is 17.2. The number of rotatable bonds is 8. The third kappa shape index (κ3) is 5.65. The Hall–Kier alpha value is -2.70. The molecule has 5 nitrogen and oxygen atoms in total. The fourth-order valence-corrected chi connectivity index (χ4v) is 3.45. The van der Waals surface area contributed by atoms with Crippen LogP contribution in [0.4, 0.5) is 5.69 Å². The van der Waals surface area contributed by atoms with Crippen LogP contribution < -0.4 is 14.8 Å². The lowest BCUT2D eigenvalue weighted by molar-refractivity contribution is -0.113. The number of benzene rings is 2. The van der Waals surface area contributed by atoms with Crippen molar-refractivity contribution in [3.05, 3.63) is 77.6 Å². The second-order valence-corrected chi connectivity index (χ2v) is 7.21. The molecule has 28 heavy (non-hydrogen) atoms. The van der Waals surface area contributed by atoms with Crippen LogP contribution in [-0.2, 0) is 11.4 Å². The van der Waals surface area contributed by atoms with E-state index >= 15 is 0 Å². The Labute approximate surface area is 173 Å². The third-order valence-corrected chi connectivity index (χ3v) is 5.28. The number of carbonyl (C=O) groups excluding carboxylic acids is 1. The van der Waals surface area contributed by atoms with Crippen LogP contribution in [0.3, 0.4) is 0 Å². The van der Waals surface area contributed by atoms with Gasteiger partial charge in [-0.05, 0) is 30.3 Å². The molecule has 0 saturated carbocycles. The van der Waals surface area contributed by atoms with Crippen molar-refractivity contribution in [3.63, 3.8) is 0 Å². The molecule has 1 N–H and O–H groups in total. The van der Waals surface area contributed by atoms with Crippen LogP contribution in [-0.4, -0.2) is 23.8 Å². The zero-order valence-corrected chi connectivity index (χ0v) is 16.8. The van der Waals surface area contributed by atoms with Gasteiger partial charge in [0.2, 0.25) is 5.91 Å². The van der Waals surface area contributed by atoms with Crippen molar-refractivity contribution in [2.75, 3.05) is 18.2 Å². The maximum absolute atomic E-state index is 12.3. The number of halogens is 1. The van der Waals surface area contributed by atoms with E-state index < -0.39 is 0 Å². The van der Waals surface area contributed by atoms with Gasteiger partial charge in [-0.15, -0.1) is 11.8 Å². The molecule has 0 spiro atoms. The van der Waals surface area contributed by atoms with E-state index in [9.17, 15) is 4.79 Å². The molecule has 1 aromatic heterocycles. The van der Waals surface area contributed by atoms with Crippen molar-refractivity contribution < 1.29 is 14.3 Å². The molecule has 0 aliphatic carbocycles. The van der Waals surface area contributed by atoms with Gasteiger partial charge in [0.15, 0.2) is 11.5 Å². The number of pyridine rings is 1. The number of hydrogen-bond donors (Lipinski definition) is 1. The quantitative estimate of drug-likeness (QED) is 0.522. The van der Waals surface area contributed by atoms with Crippen LogP contribution in [0.25, 0.3) is 0 Å². The molecule has 7 heteroatoms. The van der Waals surface area contributed by atoms with E-state index in [1.807, 2.05) is 30.3 Å². The van der Waals surface area contributed by atoms with Gasteiger partial charge in [0.1, 0.15) is 6.61 Å². The minimum atomic E-state index is -0.131. The SMILES string of the molecule is COc1ccc(NC(=O)CSc2ccccc2Cl)cc1OCc1cccnc1. The first-order valence-corrected chi connectivity index (χ1v) is 9.89. The first kappa shape index (κ1) is 20.0. The molecule has 2 aromatic carbocycles. The Balaban J connectivity index is 1.61. The molecule has 0 aliphatic rings. The van der Waals surface area contributed by atoms with Crippen molar-refractivity contribution in [2.24, 2.45) is 0 Å². The number of ether oxygens (including phenoxy) is 2. The number of hydrogen-bond acceptors (Lipinski definition) is 5. The molecule has 1 heterocycles. The zero-order chi connectivity index (χ0) is 19.8. The van der Waals surface area contributed by atoms with Gasteiger partial charge >= 0.3 is 0 Å². The lowest BCUT2D eigenvalue weighted by Crippen LogP contribution is -2.14.